The van der Waals surface area contributed by atoms with Crippen LogP contribution in [0, 0.1) is 0 Å². The van der Waals surface area contributed by atoms with E-state index >= 15 is 0 Å². The topological polar surface area (TPSA) is 150 Å². The molecule has 0 fully saturated rings. The molecule has 10 heteroatoms. The van der Waals surface area contributed by atoms with Crippen LogP contribution < -0.4 is 16.0 Å². The summed E-state index contributed by atoms with van der Waals surface area (Å²) in [5.74, 6) is 4.59. The predicted octanol–water partition coefficient (Wildman–Crippen LogP) is 0.581. The standard InChI is InChI=1S/C11H16N6O3S/c1-21(19,20)14-7-6-10(16-17-13)8-2-4-9(5-3-8)11(18)15-12/h2-5,10,14H,6-7,12H2,1H3,(H,15,18). The monoisotopic (exact) mass is 312 g/mol. The number of hydrogen-bond acceptors (Lipinski definition) is 5. The molecule has 1 atom stereocenters. The van der Waals surface area contributed by atoms with Gasteiger partial charge in [0.05, 0.1) is 12.3 Å². The van der Waals surface area contributed by atoms with Crippen molar-refractivity contribution in [2.45, 2.75) is 12.5 Å². The van der Waals surface area contributed by atoms with Gasteiger partial charge in [-0.05, 0) is 29.6 Å². The third-order valence-electron chi connectivity index (χ3n) is 2.66. The second kappa shape index (κ2) is 7.60. The molecule has 1 amide bonds. The number of nitrogen functional groups attached to an aromatic ring is 1. The van der Waals surface area contributed by atoms with Crippen molar-refractivity contribution in [2.75, 3.05) is 12.8 Å². The van der Waals surface area contributed by atoms with Gasteiger partial charge in [0.1, 0.15) is 0 Å². The summed E-state index contributed by atoms with van der Waals surface area (Å²) in [5.41, 5.74) is 11.6. The number of carbonyl (C=O) groups excluding carboxylic acids is 1. The third-order valence-corrected chi connectivity index (χ3v) is 3.39. The minimum atomic E-state index is -3.29. The lowest BCUT2D eigenvalue weighted by Gasteiger charge is -2.12. The first-order valence-electron chi connectivity index (χ1n) is 5.97. The Kier molecular flexibility index (Phi) is 6.12. The van der Waals surface area contributed by atoms with Crippen molar-refractivity contribution >= 4 is 15.9 Å². The molecule has 0 aliphatic heterocycles. The van der Waals surface area contributed by atoms with Crippen LogP contribution in [0.1, 0.15) is 28.4 Å². The van der Waals surface area contributed by atoms with Crippen LogP contribution in [-0.2, 0) is 10.0 Å². The molecule has 0 saturated carbocycles. The Hall–Kier alpha value is -2.13. The van der Waals surface area contributed by atoms with Gasteiger partial charge in [-0.2, -0.15) is 0 Å². The number of hydrogen-bond donors (Lipinski definition) is 3. The van der Waals surface area contributed by atoms with Crippen LogP contribution in [0.2, 0.25) is 0 Å². The molecule has 0 heterocycles. The summed E-state index contributed by atoms with van der Waals surface area (Å²) < 4.78 is 24.3. The molecule has 1 aromatic carbocycles. The number of nitrogens with zero attached hydrogens (tertiary/aromatic N) is 3. The summed E-state index contributed by atoms with van der Waals surface area (Å²) in [6, 6.07) is 5.82. The smallest absolute Gasteiger partial charge is 0.265 e. The SMILES string of the molecule is CS(=O)(=O)NCCC(N=[N+]=[N-])c1ccc(C(=O)NN)cc1. The van der Waals surface area contributed by atoms with Gasteiger partial charge in [0.25, 0.3) is 5.91 Å². The molecule has 0 bridgehead atoms. The van der Waals surface area contributed by atoms with Gasteiger partial charge in [0.15, 0.2) is 0 Å². The van der Waals surface area contributed by atoms with Crippen LogP contribution in [0.15, 0.2) is 29.4 Å². The van der Waals surface area contributed by atoms with Gasteiger partial charge in [-0.3, -0.25) is 10.2 Å². The molecular weight excluding hydrogens is 296 g/mol. The first-order valence-corrected chi connectivity index (χ1v) is 7.86. The molecule has 1 aromatic rings. The molecular formula is C11H16N6O3S. The largest absolute Gasteiger partial charge is 0.290 e. The average Bonchev–Trinajstić information content (AvgIpc) is 2.44. The van der Waals surface area contributed by atoms with Gasteiger partial charge < -0.3 is 0 Å². The van der Waals surface area contributed by atoms with Crippen molar-refractivity contribution < 1.29 is 13.2 Å². The highest BCUT2D eigenvalue weighted by molar-refractivity contribution is 7.88. The van der Waals surface area contributed by atoms with Crippen molar-refractivity contribution in [1.29, 1.82) is 0 Å². The third kappa shape index (κ3) is 5.79. The highest BCUT2D eigenvalue weighted by Crippen LogP contribution is 2.21. The number of sulfonamides is 1. The predicted molar refractivity (Wildman–Crippen MR) is 77.4 cm³/mol. The summed E-state index contributed by atoms with van der Waals surface area (Å²) >= 11 is 0. The highest BCUT2D eigenvalue weighted by atomic mass is 32.2. The molecule has 0 aliphatic carbocycles. The number of hydrazine groups is 1. The Morgan fingerprint density at radius 1 is 1.43 bits per heavy atom. The quantitative estimate of drug-likeness (QED) is 0.168. The fourth-order valence-electron chi connectivity index (χ4n) is 1.67. The van der Waals surface area contributed by atoms with E-state index in [1.807, 2.05) is 5.43 Å². The Bertz CT molecular complexity index is 636. The zero-order valence-corrected chi connectivity index (χ0v) is 12.2. The Balaban J connectivity index is 2.81. The van der Waals surface area contributed by atoms with Crippen LogP contribution >= 0.6 is 0 Å². The molecule has 1 rings (SSSR count). The fraction of sp³-hybridized carbons (Fsp3) is 0.364. The fourth-order valence-corrected chi connectivity index (χ4v) is 2.16. The summed E-state index contributed by atoms with van der Waals surface area (Å²) in [7, 11) is -3.29. The van der Waals surface area contributed by atoms with Gasteiger partial charge >= 0.3 is 0 Å². The number of nitrogens with two attached hydrogens (primary N) is 1. The van der Waals surface area contributed by atoms with Gasteiger partial charge in [-0.15, -0.1) is 0 Å². The van der Waals surface area contributed by atoms with Crippen molar-refractivity contribution in [1.82, 2.24) is 10.1 Å². The lowest BCUT2D eigenvalue weighted by molar-refractivity contribution is 0.0953. The van der Waals surface area contributed by atoms with E-state index in [0.717, 1.165) is 6.26 Å². The van der Waals surface area contributed by atoms with E-state index in [-0.39, 0.29) is 6.54 Å². The first kappa shape index (κ1) is 16.9. The van der Waals surface area contributed by atoms with E-state index in [1.165, 1.54) is 0 Å². The zero-order chi connectivity index (χ0) is 15.9. The zero-order valence-electron chi connectivity index (χ0n) is 11.4. The van der Waals surface area contributed by atoms with Crippen molar-refractivity contribution in [3.05, 3.63) is 45.8 Å². The van der Waals surface area contributed by atoms with E-state index in [9.17, 15) is 13.2 Å². The molecule has 4 N–H and O–H groups in total. The van der Waals surface area contributed by atoms with Gasteiger partial charge in [0, 0.05) is 17.0 Å². The number of benzene rings is 1. The molecule has 0 aliphatic rings. The Morgan fingerprint density at radius 2 is 2.05 bits per heavy atom. The second-order valence-electron chi connectivity index (χ2n) is 4.27. The summed E-state index contributed by atoms with van der Waals surface area (Å²) in [5, 5.41) is 3.63. The normalized spacial score (nSPS) is 12.3. The van der Waals surface area contributed by atoms with E-state index in [1.54, 1.807) is 24.3 Å². The Morgan fingerprint density at radius 3 is 2.52 bits per heavy atom. The molecule has 114 valence electrons. The maximum Gasteiger partial charge on any atom is 0.265 e. The minimum Gasteiger partial charge on any atom is -0.290 e. The first-order chi connectivity index (χ1) is 9.87. The summed E-state index contributed by atoms with van der Waals surface area (Å²) in [4.78, 5) is 14.1. The van der Waals surface area contributed by atoms with Crippen LogP contribution in [0.5, 0.6) is 0 Å². The van der Waals surface area contributed by atoms with Crippen LogP contribution in [0.25, 0.3) is 10.4 Å². The molecule has 1 unspecified atom stereocenters. The van der Waals surface area contributed by atoms with E-state index in [2.05, 4.69) is 14.7 Å². The highest BCUT2D eigenvalue weighted by Gasteiger charge is 2.12. The summed E-state index contributed by atoms with van der Waals surface area (Å²) in [6.45, 7) is 0.146. The lowest BCUT2D eigenvalue weighted by atomic mass is 10.0. The van der Waals surface area contributed by atoms with E-state index in [4.69, 9.17) is 11.4 Å². The average molecular weight is 312 g/mol. The van der Waals surface area contributed by atoms with Gasteiger partial charge in [-0.25, -0.2) is 19.0 Å². The molecule has 0 aromatic heterocycles. The Labute approximate surface area is 122 Å². The van der Waals surface area contributed by atoms with Crippen LogP contribution in [-0.4, -0.2) is 27.1 Å². The van der Waals surface area contributed by atoms with E-state index < -0.39 is 22.0 Å². The molecule has 0 saturated heterocycles. The number of azide groups is 1. The second-order valence-corrected chi connectivity index (χ2v) is 6.10. The number of rotatable bonds is 7. The lowest BCUT2D eigenvalue weighted by Crippen LogP contribution is -2.29. The van der Waals surface area contributed by atoms with E-state index in [0.29, 0.717) is 17.5 Å². The van der Waals surface area contributed by atoms with Crippen molar-refractivity contribution in [2.24, 2.45) is 11.0 Å². The van der Waals surface area contributed by atoms with Crippen LogP contribution in [0.4, 0.5) is 0 Å². The molecule has 21 heavy (non-hydrogen) atoms. The minimum absolute atomic E-state index is 0.146. The molecule has 0 spiro atoms. The maximum atomic E-state index is 11.3. The van der Waals surface area contributed by atoms with Crippen molar-refractivity contribution in [3.8, 4) is 0 Å². The number of nitrogens with one attached hydrogen (secondary N) is 2. The molecule has 9 nitrogen and oxygen atoms in total. The van der Waals surface area contributed by atoms with Gasteiger partial charge in [-0.1, -0.05) is 17.2 Å². The number of carbonyl (C=O) groups is 1. The van der Waals surface area contributed by atoms with Crippen molar-refractivity contribution in [3.63, 3.8) is 0 Å². The van der Waals surface area contributed by atoms with Crippen LogP contribution in [0.3, 0.4) is 0 Å². The van der Waals surface area contributed by atoms with Gasteiger partial charge in [0.2, 0.25) is 10.0 Å². The maximum absolute atomic E-state index is 11.3. The molecule has 0 radical (unpaired) electrons. The summed E-state index contributed by atoms with van der Waals surface area (Å²) in [6.07, 6.45) is 1.36. The number of amides is 1.